The molecule has 0 fully saturated rings. The van der Waals surface area contributed by atoms with Gasteiger partial charge in [0, 0.05) is 5.56 Å². The van der Waals surface area contributed by atoms with Gasteiger partial charge >= 0.3 is 12.1 Å². The van der Waals surface area contributed by atoms with Gasteiger partial charge in [-0.2, -0.15) is 26.9 Å². The molecule has 20 heavy (non-hydrogen) atoms. The number of aliphatic imine (C=N–C) groups is 2. The molecular weight excluding hydrogens is 285 g/mol. The van der Waals surface area contributed by atoms with Crippen molar-refractivity contribution in [1.29, 1.82) is 0 Å². The van der Waals surface area contributed by atoms with Crippen molar-refractivity contribution in [2.45, 2.75) is 12.1 Å². The summed E-state index contributed by atoms with van der Waals surface area (Å²) in [5, 5.41) is 0. The fourth-order valence-corrected chi connectivity index (χ4v) is 1.22. The van der Waals surface area contributed by atoms with Gasteiger partial charge in [-0.15, -0.1) is 0 Å². The third kappa shape index (κ3) is 3.56. The van der Waals surface area contributed by atoms with Crippen LogP contribution in [0.2, 0.25) is 0 Å². The van der Waals surface area contributed by atoms with Gasteiger partial charge in [-0.05, 0) is 12.1 Å². The van der Waals surface area contributed by atoms with Crippen molar-refractivity contribution in [2.75, 3.05) is 0 Å². The van der Waals surface area contributed by atoms with Gasteiger partial charge in [0.15, 0.2) is 5.96 Å². The molecule has 0 aliphatic rings. The van der Waals surface area contributed by atoms with Gasteiger partial charge in [-0.1, -0.05) is 12.1 Å². The maximum Gasteiger partial charge on any atom is 0.458 e. The monoisotopic (exact) mass is 295 g/mol. The highest BCUT2D eigenvalue weighted by atomic mass is 19.4. The summed E-state index contributed by atoms with van der Waals surface area (Å²) in [4.78, 5) is 6.81. The summed E-state index contributed by atoms with van der Waals surface area (Å²) >= 11 is 0. The average molecular weight is 295 g/mol. The van der Waals surface area contributed by atoms with Crippen LogP contribution in [-0.2, 0) is 5.92 Å². The van der Waals surface area contributed by atoms with Crippen molar-refractivity contribution in [3.8, 4) is 0 Å². The van der Waals surface area contributed by atoms with Gasteiger partial charge in [-0.3, -0.25) is 0 Å². The molecule has 0 atom stereocenters. The molecular formula is C10H10F5N5. The second-order valence-corrected chi connectivity index (χ2v) is 3.63. The molecule has 1 aromatic carbocycles. The Labute approximate surface area is 110 Å². The van der Waals surface area contributed by atoms with E-state index in [4.69, 9.17) is 17.2 Å². The lowest BCUT2D eigenvalue weighted by Crippen LogP contribution is -2.33. The number of halogens is 5. The van der Waals surface area contributed by atoms with Crippen molar-refractivity contribution in [3.05, 3.63) is 29.8 Å². The molecule has 0 amide bonds. The van der Waals surface area contributed by atoms with E-state index in [-0.39, 0.29) is 5.69 Å². The Morgan fingerprint density at radius 3 is 2.10 bits per heavy atom. The first kappa shape index (κ1) is 15.7. The van der Waals surface area contributed by atoms with E-state index in [0.29, 0.717) is 12.1 Å². The van der Waals surface area contributed by atoms with E-state index < -0.39 is 29.6 Å². The van der Waals surface area contributed by atoms with Crippen molar-refractivity contribution >= 4 is 17.6 Å². The summed E-state index contributed by atoms with van der Waals surface area (Å²) in [5.41, 5.74) is 13.7. The van der Waals surface area contributed by atoms with Crippen LogP contribution in [0.15, 0.2) is 34.3 Å². The normalized spacial score (nSPS) is 13.2. The summed E-state index contributed by atoms with van der Waals surface area (Å²) in [5.74, 6) is -5.90. The Morgan fingerprint density at radius 2 is 1.60 bits per heavy atom. The van der Waals surface area contributed by atoms with Crippen molar-refractivity contribution < 1.29 is 22.0 Å². The molecule has 10 heteroatoms. The molecule has 0 radical (unpaired) electrons. The third-order valence-electron chi connectivity index (χ3n) is 2.05. The predicted octanol–water partition coefficient (Wildman–Crippen LogP) is 1.56. The molecule has 0 unspecified atom stereocenters. The highest BCUT2D eigenvalue weighted by Crippen LogP contribution is 2.44. The molecule has 1 rings (SSSR count). The Kier molecular flexibility index (Phi) is 4.16. The molecule has 110 valence electrons. The summed E-state index contributed by atoms with van der Waals surface area (Å²) in [6.45, 7) is 0. The van der Waals surface area contributed by atoms with E-state index >= 15 is 0 Å². The van der Waals surface area contributed by atoms with Crippen LogP contribution in [0.4, 0.5) is 27.6 Å². The maximum absolute atomic E-state index is 13.1. The van der Waals surface area contributed by atoms with Gasteiger partial charge in [0.2, 0.25) is 5.96 Å². The number of nitrogens with zero attached hydrogens (tertiary/aromatic N) is 2. The van der Waals surface area contributed by atoms with Gasteiger partial charge < -0.3 is 17.2 Å². The highest BCUT2D eigenvalue weighted by Gasteiger charge is 2.58. The van der Waals surface area contributed by atoms with Gasteiger partial charge in [0.25, 0.3) is 0 Å². The zero-order valence-electron chi connectivity index (χ0n) is 9.83. The van der Waals surface area contributed by atoms with Crippen molar-refractivity contribution in [2.24, 2.45) is 27.2 Å². The summed E-state index contributed by atoms with van der Waals surface area (Å²) in [6.07, 6.45) is -5.71. The first-order valence-corrected chi connectivity index (χ1v) is 5.03. The number of alkyl halides is 5. The standard InChI is InChI=1S/C10H10F5N5/c11-9(12,10(13,14)15)5-2-1-3-6(4-5)19-8(18)20-7(16)17/h1-4H,(H6,16,17,18,19,20). The first-order chi connectivity index (χ1) is 9.04. The van der Waals surface area contributed by atoms with Gasteiger partial charge in [0.05, 0.1) is 5.69 Å². The lowest BCUT2D eigenvalue weighted by atomic mass is 10.1. The molecule has 0 saturated carbocycles. The van der Waals surface area contributed by atoms with Crippen LogP contribution in [0.25, 0.3) is 0 Å². The Morgan fingerprint density at radius 1 is 1.00 bits per heavy atom. The van der Waals surface area contributed by atoms with E-state index in [1.807, 2.05) is 0 Å². The van der Waals surface area contributed by atoms with E-state index in [1.165, 1.54) is 6.07 Å². The van der Waals surface area contributed by atoms with Gasteiger partial charge in [-0.25, -0.2) is 4.99 Å². The van der Waals surface area contributed by atoms with Crippen LogP contribution in [0.1, 0.15) is 5.56 Å². The second-order valence-electron chi connectivity index (χ2n) is 3.63. The molecule has 0 aliphatic heterocycles. The lowest BCUT2D eigenvalue weighted by Gasteiger charge is -2.19. The molecule has 0 spiro atoms. The molecule has 0 saturated heterocycles. The smallest absolute Gasteiger partial charge is 0.370 e. The SMILES string of the molecule is NC(N)=NC(N)=Nc1cccc(C(F)(F)C(F)(F)F)c1. The molecule has 0 bridgehead atoms. The van der Waals surface area contributed by atoms with Crippen LogP contribution >= 0.6 is 0 Å². The van der Waals surface area contributed by atoms with Crippen molar-refractivity contribution in [1.82, 2.24) is 0 Å². The summed E-state index contributed by atoms with van der Waals surface area (Å²) < 4.78 is 62.9. The Bertz CT molecular complexity index is 545. The largest absolute Gasteiger partial charge is 0.458 e. The quantitative estimate of drug-likeness (QED) is 0.438. The van der Waals surface area contributed by atoms with Crippen LogP contribution in [0, 0.1) is 0 Å². The minimum atomic E-state index is -5.71. The number of guanidine groups is 2. The van der Waals surface area contributed by atoms with E-state index in [0.717, 1.165) is 6.07 Å². The highest BCUT2D eigenvalue weighted by molar-refractivity contribution is 5.93. The van der Waals surface area contributed by atoms with Crippen LogP contribution in [0.5, 0.6) is 0 Å². The zero-order chi connectivity index (χ0) is 15.6. The average Bonchev–Trinajstić information content (AvgIpc) is 2.26. The number of hydrogen-bond donors (Lipinski definition) is 3. The Hall–Kier alpha value is -2.39. The van der Waals surface area contributed by atoms with E-state index in [1.54, 1.807) is 0 Å². The molecule has 0 aromatic heterocycles. The maximum atomic E-state index is 13.1. The van der Waals surface area contributed by atoms with Gasteiger partial charge in [0.1, 0.15) is 0 Å². The molecule has 0 heterocycles. The molecule has 1 aromatic rings. The summed E-state index contributed by atoms with van der Waals surface area (Å²) in [6, 6.07) is 3.33. The molecule has 5 nitrogen and oxygen atoms in total. The minimum Gasteiger partial charge on any atom is -0.370 e. The predicted molar refractivity (Wildman–Crippen MR) is 63.5 cm³/mol. The van der Waals surface area contributed by atoms with Crippen molar-refractivity contribution in [3.63, 3.8) is 0 Å². The number of hydrogen-bond acceptors (Lipinski definition) is 1. The Balaban J connectivity index is 3.19. The minimum absolute atomic E-state index is 0.242. The fraction of sp³-hybridized carbons (Fsp3) is 0.200. The fourth-order valence-electron chi connectivity index (χ4n) is 1.22. The van der Waals surface area contributed by atoms with Crippen LogP contribution in [-0.4, -0.2) is 18.1 Å². The molecule has 6 N–H and O–H groups in total. The summed E-state index contributed by atoms with van der Waals surface area (Å²) in [7, 11) is 0. The number of benzene rings is 1. The first-order valence-electron chi connectivity index (χ1n) is 5.03. The topological polar surface area (TPSA) is 103 Å². The third-order valence-corrected chi connectivity index (χ3v) is 2.05. The van der Waals surface area contributed by atoms with Crippen LogP contribution in [0.3, 0.4) is 0 Å². The second kappa shape index (κ2) is 5.31. The lowest BCUT2D eigenvalue weighted by molar-refractivity contribution is -0.289. The van der Waals surface area contributed by atoms with E-state index in [2.05, 4.69) is 9.98 Å². The molecule has 0 aliphatic carbocycles. The van der Waals surface area contributed by atoms with Crippen LogP contribution < -0.4 is 17.2 Å². The zero-order valence-corrected chi connectivity index (χ0v) is 9.83. The van der Waals surface area contributed by atoms with E-state index in [9.17, 15) is 22.0 Å². The number of nitrogens with two attached hydrogens (primary N) is 3. The number of rotatable bonds is 2.